The monoisotopic (exact) mass is 360 g/mol. The molecular weight excluding hydrogens is 336 g/mol. The highest BCUT2D eigenvalue weighted by Crippen LogP contribution is 2.44. The van der Waals surface area contributed by atoms with Crippen molar-refractivity contribution in [3.8, 4) is 0 Å². The molecule has 0 fully saturated rings. The van der Waals surface area contributed by atoms with Gasteiger partial charge in [0.05, 0.1) is 17.3 Å². The normalized spacial score (nSPS) is 17.2. The van der Waals surface area contributed by atoms with Gasteiger partial charge in [-0.1, -0.05) is 20.8 Å². The van der Waals surface area contributed by atoms with Gasteiger partial charge in [-0.15, -0.1) is 11.3 Å². The van der Waals surface area contributed by atoms with Gasteiger partial charge in [0.15, 0.2) is 0 Å². The predicted octanol–water partition coefficient (Wildman–Crippen LogP) is 2.98. The lowest BCUT2D eigenvalue weighted by molar-refractivity contribution is 0.1000. The third-order valence-corrected chi connectivity index (χ3v) is 6.10. The van der Waals surface area contributed by atoms with Gasteiger partial charge in [-0.25, -0.2) is 0 Å². The lowest BCUT2D eigenvalue weighted by atomic mass is 9.72. The molecule has 0 aliphatic heterocycles. The number of fused-ring (bicyclic) bond motifs is 1. The second-order valence-corrected chi connectivity index (χ2v) is 8.84. The van der Waals surface area contributed by atoms with E-state index in [0.29, 0.717) is 22.0 Å². The maximum absolute atomic E-state index is 12.4. The molecule has 0 bridgehead atoms. The number of hydrogen-bond donors (Lipinski definition) is 2. The lowest BCUT2D eigenvalue weighted by Gasteiger charge is -2.33. The Labute approximate surface area is 151 Å². The standard InChI is InChI=1S/C18H24N4O2S/c1-18(2,3)11-5-6-12-13(7-11)25-17(14(12)15(19)23)21-16(24)10-8-20-22(4)9-10/h8-9,11H,5-7H2,1-4H3,(H2,19,23)(H,21,24). The Morgan fingerprint density at radius 1 is 1.40 bits per heavy atom. The summed E-state index contributed by atoms with van der Waals surface area (Å²) >= 11 is 1.48. The second-order valence-electron chi connectivity index (χ2n) is 7.73. The second kappa shape index (κ2) is 6.29. The van der Waals surface area contributed by atoms with E-state index in [0.717, 1.165) is 24.8 Å². The molecular formula is C18H24N4O2S. The fourth-order valence-corrected chi connectivity index (χ4v) is 4.72. The third-order valence-electron chi connectivity index (χ3n) is 4.93. The summed E-state index contributed by atoms with van der Waals surface area (Å²) in [6.07, 6.45) is 5.93. The van der Waals surface area contributed by atoms with Crippen molar-refractivity contribution in [3.05, 3.63) is 34.0 Å². The van der Waals surface area contributed by atoms with Crippen LogP contribution in [0.2, 0.25) is 0 Å². The minimum atomic E-state index is -0.479. The average Bonchev–Trinajstić information content (AvgIpc) is 3.08. The summed E-state index contributed by atoms with van der Waals surface area (Å²) in [7, 11) is 1.75. The highest BCUT2D eigenvalue weighted by molar-refractivity contribution is 7.17. The van der Waals surface area contributed by atoms with Crippen molar-refractivity contribution in [3.63, 3.8) is 0 Å². The zero-order valence-electron chi connectivity index (χ0n) is 15.0. The summed E-state index contributed by atoms with van der Waals surface area (Å²) < 4.78 is 1.57. The van der Waals surface area contributed by atoms with E-state index in [-0.39, 0.29) is 11.3 Å². The molecule has 3 rings (SSSR count). The van der Waals surface area contributed by atoms with E-state index in [4.69, 9.17) is 5.73 Å². The molecule has 0 aromatic carbocycles. The number of carbonyl (C=O) groups excluding carboxylic acids is 2. The Hall–Kier alpha value is -2.15. The first-order chi connectivity index (χ1) is 11.7. The smallest absolute Gasteiger partial charge is 0.259 e. The molecule has 1 atom stereocenters. The van der Waals surface area contributed by atoms with Gasteiger partial charge in [0.1, 0.15) is 5.00 Å². The van der Waals surface area contributed by atoms with E-state index in [9.17, 15) is 9.59 Å². The Bertz CT molecular complexity index is 829. The number of anilines is 1. The number of primary amides is 1. The molecule has 134 valence electrons. The van der Waals surface area contributed by atoms with Crippen LogP contribution in [0.3, 0.4) is 0 Å². The molecule has 1 unspecified atom stereocenters. The van der Waals surface area contributed by atoms with Crippen LogP contribution in [0.15, 0.2) is 12.4 Å². The van der Waals surface area contributed by atoms with Crippen LogP contribution < -0.4 is 11.1 Å². The van der Waals surface area contributed by atoms with Crippen molar-refractivity contribution in [2.75, 3.05) is 5.32 Å². The molecule has 3 N–H and O–H groups in total. The van der Waals surface area contributed by atoms with Crippen molar-refractivity contribution >= 4 is 28.2 Å². The summed E-state index contributed by atoms with van der Waals surface area (Å²) in [5, 5.41) is 7.42. The SMILES string of the molecule is Cn1cc(C(=O)Nc2sc3c(c2C(N)=O)CCC(C(C)(C)C)C3)cn1. The van der Waals surface area contributed by atoms with Crippen molar-refractivity contribution < 1.29 is 9.59 Å². The van der Waals surface area contributed by atoms with Crippen molar-refractivity contribution in [1.82, 2.24) is 9.78 Å². The van der Waals surface area contributed by atoms with Gasteiger partial charge < -0.3 is 11.1 Å². The van der Waals surface area contributed by atoms with Crippen molar-refractivity contribution in [2.45, 2.75) is 40.0 Å². The van der Waals surface area contributed by atoms with Gasteiger partial charge in [-0.05, 0) is 36.2 Å². The van der Waals surface area contributed by atoms with Gasteiger partial charge in [0.25, 0.3) is 11.8 Å². The van der Waals surface area contributed by atoms with Crippen LogP contribution in [-0.2, 0) is 19.9 Å². The van der Waals surface area contributed by atoms with Crippen LogP contribution in [0.5, 0.6) is 0 Å². The number of amides is 2. The molecule has 25 heavy (non-hydrogen) atoms. The molecule has 1 aliphatic carbocycles. The highest BCUT2D eigenvalue weighted by atomic mass is 32.1. The molecule has 2 amide bonds. The van der Waals surface area contributed by atoms with E-state index >= 15 is 0 Å². The fourth-order valence-electron chi connectivity index (χ4n) is 3.39. The minimum Gasteiger partial charge on any atom is -0.365 e. The number of hydrogen-bond acceptors (Lipinski definition) is 4. The zero-order valence-corrected chi connectivity index (χ0v) is 15.9. The quantitative estimate of drug-likeness (QED) is 0.882. The fraction of sp³-hybridized carbons (Fsp3) is 0.500. The summed E-state index contributed by atoms with van der Waals surface area (Å²) in [6.45, 7) is 6.74. The van der Waals surface area contributed by atoms with Gasteiger partial charge >= 0.3 is 0 Å². The van der Waals surface area contributed by atoms with Crippen LogP contribution in [0, 0.1) is 11.3 Å². The topological polar surface area (TPSA) is 90.0 Å². The van der Waals surface area contributed by atoms with Crippen LogP contribution in [0.1, 0.15) is 58.3 Å². The molecule has 2 aromatic heterocycles. The molecule has 0 spiro atoms. The number of carbonyl (C=O) groups is 2. The van der Waals surface area contributed by atoms with Gasteiger partial charge in [0, 0.05) is 18.1 Å². The molecule has 0 radical (unpaired) electrons. The molecule has 2 aromatic rings. The number of nitrogens with two attached hydrogens (primary N) is 1. The molecule has 0 saturated heterocycles. The van der Waals surface area contributed by atoms with E-state index in [1.54, 1.807) is 17.9 Å². The van der Waals surface area contributed by atoms with Gasteiger partial charge in [0.2, 0.25) is 0 Å². The van der Waals surface area contributed by atoms with Crippen LogP contribution in [-0.4, -0.2) is 21.6 Å². The van der Waals surface area contributed by atoms with E-state index in [1.807, 2.05) is 0 Å². The maximum atomic E-state index is 12.4. The van der Waals surface area contributed by atoms with Gasteiger partial charge in [-0.3, -0.25) is 14.3 Å². The van der Waals surface area contributed by atoms with Crippen molar-refractivity contribution in [1.29, 1.82) is 0 Å². The Morgan fingerprint density at radius 2 is 2.12 bits per heavy atom. The Balaban J connectivity index is 1.91. The average molecular weight is 360 g/mol. The number of rotatable bonds is 3. The highest BCUT2D eigenvalue weighted by Gasteiger charge is 2.33. The summed E-state index contributed by atoms with van der Waals surface area (Å²) in [5.74, 6) is -0.198. The number of aryl methyl sites for hydroxylation is 1. The number of thiophene rings is 1. The largest absolute Gasteiger partial charge is 0.365 e. The lowest BCUT2D eigenvalue weighted by Crippen LogP contribution is -2.27. The first-order valence-electron chi connectivity index (χ1n) is 8.41. The summed E-state index contributed by atoms with van der Waals surface area (Å²) in [4.78, 5) is 25.6. The molecule has 1 aliphatic rings. The Morgan fingerprint density at radius 3 is 2.68 bits per heavy atom. The summed E-state index contributed by atoms with van der Waals surface area (Å²) in [5.41, 5.74) is 7.78. The number of nitrogens with zero attached hydrogens (tertiary/aromatic N) is 2. The van der Waals surface area contributed by atoms with Crippen LogP contribution in [0.4, 0.5) is 5.00 Å². The molecule has 0 saturated carbocycles. The predicted molar refractivity (Wildman–Crippen MR) is 99.0 cm³/mol. The van der Waals surface area contributed by atoms with Crippen LogP contribution in [0.25, 0.3) is 0 Å². The van der Waals surface area contributed by atoms with E-state index < -0.39 is 5.91 Å². The van der Waals surface area contributed by atoms with E-state index in [1.165, 1.54) is 22.4 Å². The molecule has 7 heteroatoms. The first kappa shape index (κ1) is 17.7. The number of nitrogens with one attached hydrogen (secondary N) is 1. The number of aromatic nitrogens is 2. The maximum Gasteiger partial charge on any atom is 0.259 e. The molecule has 2 heterocycles. The summed E-state index contributed by atoms with van der Waals surface area (Å²) in [6, 6.07) is 0. The Kier molecular flexibility index (Phi) is 4.45. The zero-order chi connectivity index (χ0) is 18.4. The molecule has 6 nitrogen and oxygen atoms in total. The van der Waals surface area contributed by atoms with Gasteiger partial charge in [-0.2, -0.15) is 5.10 Å². The third kappa shape index (κ3) is 3.46. The van der Waals surface area contributed by atoms with Crippen LogP contribution >= 0.6 is 11.3 Å². The minimum absolute atomic E-state index is 0.216. The van der Waals surface area contributed by atoms with Crippen molar-refractivity contribution in [2.24, 2.45) is 24.1 Å². The van der Waals surface area contributed by atoms with E-state index in [2.05, 4.69) is 31.2 Å². The first-order valence-corrected chi connectivity index (χ1v) is 9.22.